The highest BCUT2D eigenvalue weighted by molar-refractivity contribution is 8.18. The van der Waals surface area contributed by atoms with Crippen LogP contribution in [0.1, 0.15) is 16.7 Å². The second kappa shape index (κ2) is 9.94. The maximum atomic E-state index is 14.1. The van der Waals surface area contributed by atoms with Crippen LogP contribution >= 0.6 is 23.4 Å². The van der Waals surface area contributed by atoms with Crippen LogP contribution in [0, 0.1) is 5.82 Å². The Morgan fingerprint density at radius 2 is 1.66 bits per heavy atom. The van der Waals surface area contributed by atoms with Gasteiger partial charge in [-0.1, -0.05) is 72.3 Å². The van der Waals surface area contributed by atoms with Crippen LogP contribution in [-0.2, 0) is 17.9 Å². The Hall–Kier alpha value is -3.61. The highest BCUT2D eigenvalue weighted by Crippen LogP contribution is 2.35. The van der Waals surface area contributed by atoms with Gasteiger partial charge >= 0.3 is 0 Å². The smallest absolute Gasteiger partial charge is 0.293 e. The molecule has 5 rings (SSSR count). The largest absolute Gasteiger partial charge is 0.489 e. The average molecular weight is 504 g/mol. The van der Waals surface area contributed by atoms with Crippen molar-refractivity contribution in [3.8, 4) is 5.75 Å². The molecule has 4 nitrogen and oxygen atoms in total. The summed E-state index contributed by atoms with van der Waals surface area (Å²) in [5.41, 5.74) is 1.96. The summed E-state index contributed by atoms with van der Waals surface area (Å²) in [6.07, 6.45) is 1.64. The fraction of sp³-hybridized carbons (Fsp3) is 0.0714. The molecule has 0 aromatic heterocycles. The first-order valence-corrected chi connectivity index (χ1v) is 12.1. The lowest BCUT2D eigenvalue weighted by molar-refractivity contribution is -0.123. The van der Waals surface area contributed by atoms with Crippen molar-refractivity contribution in [3.63, 3.8) is 0 Å². The Kier molecular flexibility index (Phi) is 6.57. The standard InChI is InChI=1S/C28H19ClFNO3S/c29-24-9-4-10-25(30)23(24)16-31-27(32)26(35-28(31)33)15-18-11-13-21(14-12-18)34-17-20-7-3-6-19-5-1-2-8-22(19)20/h1-15H,16-17H2. The third kappa shape index (κ3) is 4.94. The molecule has 1 aliphatic heterocycles. The molecular weight excluding hydrogens is 485 g/mol. The van der Waals surface area contributed by atoms with Crippen molar-refractivity contribution in [1.29, 1.82) is 0 Å². The van der Waals surface area contributed by atoms with Crippen molar-refractivity contribution in [3.05, 3.63) is 117 Å². The maximum Gasteiger partial charge on any atom is 0.293 e. The molecule has 2 amide bonds. The molecule has 0 saturated carbocycles. The van der Waals surface area contributed by atoms with Crippen LogP contribution in [0.25, 0.3) is 16.8 Å². The van der Waals surface area contributed by atoms with Gasteiger partial charge in [0.1, 0.15) is 18.2 Å². The topological polar surface area (TPSA) is 46.6 Å². The van der Waals surface area contributed by atoms with Crippen molar-refractivity contribution in [2.45, 2.75) is 13.2 Å². The highest BCUT2D eigenvalue weighted by atomic mass is 35.5. The number of carbonyl (C=O) groups excluding carboxylic acids is 2. The fourth-order valence-electron chi connectivity index (χ4n) is 3.87. The molecule has 1 aliphatic rings. The lowest BCUT2D eigenvalue weighted by Crippen LogP contribution is -2.28. The van der Waals surface area contributed by atoms with E-state index in [0.29, 0.717) is 12.4 Å². The summed E-state index contributed by atoms with van der Waals surface area (Å²) in [5, 5.41) is 2.02. The van der Waals surface area contributed by atoms with E-state index in [1.807, 2.05) is 48.5 Å². The minimum Gasteiger partial charge on any atom is -0.489 e. The number of halogens is 2. The maximum absolute atomic E-state index is 14.1. The van der Waals surface area contributed by atoms with Crippen molar-refractivity contribution >= 4 is 51.4 Å². The molecule has 174 valence electrons. The fourth-order valence-corrected chi connectivity index (χ4v) is 4.93. The summed E-state index contributed by atoms with van der Waals surface area (Å²) in [6, 6.07) is 25.8. The number of hydrogen-bond acceptors (Lipinski definition) is 4. The second-order valence-corrected chi connectivity index (χ2v) is 9.36. The quantitative estimate of drug-likeness (QED) is 0.256. The van der Waals surface area contributed by atoms with Gasteiger partial charge in [0, 0.05) is 10.6 Å². The van der Waals surface area contributed by atoms with Gasteiger partial charge in [-0.15, -0.1) is 0 Å². The summed E-state index contributed by atoms with van der Waals surface area (Å²) in [7, 11) is 0. The number of imide groups is 1. The molecule has 1 saturated heterocycles. The van der Waals surface area contributed by atoms with Gasteiger partial charge in [0.25, 0.3) is 11.1 Å². The minimum absolute atomic E-state index is 0.116. The zero-order chi connectivity index (χ0) is 24.4. The molecule has 0 spiro atoms. The molecule has 7 heteroatoms. The number of ether oxygens (including phenoxy) is 1. The third-order valence-electron chi connectivity index (χ3n) is 5.70. The van der Waals surface area contributed by atoms with Crippen molar-refractivity contribution < 1.29 is 18.7 Å². The molecule has 1 heterocycles. The predicted molar refractivity (Wildman–Crippen MR) is 138 cm³/mol. The van der Waals surface area contributed by atoms with Gasteiger partial charge in [-0.2, -0.15) is 0 Å². The van der Waals surface area contributed by atoms with Crippen LogP contribution in [0.3, 0.4) is 0 Å². The van der Waals surface area contributed by atoms with Crippen LogP contribution in [0.15, 0.2) is 89.8 Å². The van der Waals surface area contributed by atoms with E-state index in [2.05, 4.69) is 18.2 Å². The average Bonchev–Trinajstić information content (AvgIpc) is 3.13. The van der Waals surface area contributed by atoms with Gasteiger partial charge in [0.15, 0.2) is 0 Å². The molecule has 35 heavy (non-hydrogen) atoms. The van der Waals surface area contributed by atoms with Crippen LogP contribution in [-0.4, -0.2) is 16.0 Å². The van der Waals surface area contributed by atoms with E-state index in [9.17, 15) is 14.0 Å². The van der Waals surface area contributed by atoms with Crippen LogP contribution < -0.4 is 4.74 Å². The van der Waals surface area contributed by atoms with Crippen LogP contribution in [0.5, 0.6) is 5.75 Å². The number of benzene rings is 4. The van der Waals surface area contributed by atoms with E-state index in [0.717, 1.165) is 38.6 Å². The number of thioether (sulfide) groups is 1. The number of fused-ring (bicyclic) bond motifs is 1. The monoisotopic (exact) mass is 503 g/mol. The molecular formula is C28H19ClFNO3S. The third-order valence-corrected chi connectivity index (χ3v) is 6.97. The molecule has 4 aromatic rings. The Labute approximate surface area is 211 Å². The molecule has 0 atom stereocenters. The first-order valence-electron chi connectivity index (χ1n) is 10.9. The number of amides is 2. The van der Waals surface area contributed by atoms with Crippen LogP contribution in [0.4, 0.5) is 9.18 Å². The number of carbonyl (C=O) groups is 2. The van der Waals surface area contributed by atoms with E-state index in [1.165, 1.54) is 18.2 Å². The Bertz CT molecular complexity index is 1440. The van der Waals surface area contributed by atoms with Crippen molar-refractivity contribution in [1.82, 2.24) is 4.90 Å². The van der Waals surface area contributed by atoms with E-state index in [4.69, 9.17) is 16.3 Å². The number of hydrogen-bond donors (Lipinski definition) is 0. The van der Waals surface area contributed by atoms with Gasteiger partial charge in [-0.25, -0.2) is 4.39 Å². The lowest BCUT2D eigenvalue weighted by atomic mass is 10.1. The number of rotatable bonds is 6. The molecule has 0 bridgehead atoms. The summed E-state index contributed by atoms with van der Waals surface area (Å²) in [6.45, 7) is 0.215. The Balaban J connectivity index is 1.27. The number of nitrogens with zero attached hydrogens (tertiary/aromatic N) is 1. The zero-order valence-corrected chi connectivity index (χ0v) is 20.0. The summed E-state index contributed by atoms with van der Waals surface area (Å²) >= 11 is 6.88. The lowest BCUT2D eigenvalue weighted by Gasteiger charge is -2.14. The van der Waals surface area contributed by atoms with Gasteiger partial charge in [0.05, 0.1) is 11.4 Å². The summed E-state index contributed by atoms with van der Waals surface area (Å²) in [4.78, 5) is 26.5. The van der Waals surface area contributed by atoms with E-state index >= 15 is 0 Å². The van der Waals surface area contributed by atoms with Gasteiger partial charge in [0.2, 0.25) is 0 Å². The Morgan fingerprint density at radius 1 is 0.914 bits per heavy atom. The highest BCUT2D eigenvalue weighted by Gasteiger charge is 2.35. The van der Waals surface area contributed by atoms with Crippen molar-refractivity contribution in [2.75, 3.05) is 0 Å². The first kappa shape index (κ1) is 23.1. The van der Waals surface area contributed by atoms with Gasteiger partial charge < -0.3 is 4.74 Å². The molecule has 0 aliphatic carbocycles. The van der Waals surface area contributed by atoms with E-state index in [-0.39, 0.29) is 22.0 Å². The SMILES string of the molecule is O=C1SC(=Cc2ccc(OCc3cccc4ccccc34)cc2)C(=O)N1Cc1c(F)cccc1Cl. The minimum atomic E-state index is -0.556. The van der Waals surface area contributed by atoms with E-state index < -0.39 is 17.0 Å². The van der Waals surface area contributed by atoms with Crippen molar-refractivity contribution in [2.24, 2.45) is 0 Å². The molecule has 0 N–H and O–H groups in total. The van der Waals surface area contributed by atoms with E-state index in [1.54, 1.807) is 6.08 Å². The molecule has 4 aromatic carbocycles. The summed E-state index contributed by atoms with van der Waals surface area (Å²) < 4.78 is 20.1. The zero-order valence-electron chi connectivity index (χ0n) is 18.4. The Morgan fingerprint density at radius 3 is 2.46 bits per heavy atom. The van der Waals surface area contributed by atoms with Gasteiger partial charge in [-0.05, 0) is 64.0 Å². The predicted octanol–water partition coefficient (Wildman–Crippen LogP) is 7.45. The molecule has 1 fully saturated rings. The van der Waals surface area contributed by atoms with Gasteiger partial charge in [-0.3, -0.25) is 14.5 Å². The first-order chi connectivity index (χ1) is 17.0. The second-order valence-electron chi connectivity index (χ2n) is 7.96. The summed E-state index contributed by atoms with van der Waals surface area (Å²) in [5.74, 6) is -0.340. The normalized spacial score (nSPS) is 14.8. The molecule has 0 unspecified atom stereocenters. The van der Waals surface area contributed by atoms with Crippen LogP contribution in [0.2, 0.25) is 5.02 Å². The molecule has 0 radical (unpaired) electrons.